The van der Waals surface area contributed by atoms with Crippen LogP contribution in [0.25, 0.3) is 0 Å². The van der Waals surface area contributed by atoms with Gasteiger partial charge in [0.25, 0.3) is 15.9 Å². The van der Waals surface area contributed by atoms with E-state index < -0.39 is 53.1 Å². The second-order valence-electron chi connectivity index (χ2n) is 11.8. The fourth-order valence-corrected chi connectivity index (χ4v) is 7.17. The van der Waals surface area contributed by atoms with E-state index >= 15 is 0 Å². The van der Waals surface area contributed by atoms with Crippen molar-refractivity contribution in [2.45, 2.75) is 74.1 Å². The number of hydroxylamine groups is 3. The molecule has 0 aromatic heterocycles. The summed E-state index contributed by atoms with van der Waals surface area (Å²) in [5.74, 6) is -0.401. The van der Waals surface area contributed by atoms with Crippen molar-refractivity contribution in [2.75, 3.05) is 40.5 Å². The van der Waals surface area contributed by atoms with Gasteiger partial charge in [-0.05, 0) is 43.4 Å². The topological polar surface area (TPSA) is 162 Å². The number of hydrogen-bond acceptors (Lipinski definition) is 11. The molecule has 3 fully saturated rings. The van der Waals surface area contributed by atoms with E-state index in [0.717, 1.165) is 27.9 Å². The number of ether oxygens (including phenoxy) is 4. The van der Waals surface area contributed by atoms with E-state index in [9.17, 15) is 23.1 Å². The Balaban J connectivity index is 1.33. The fraction of sp³-hybridized carbons (Fsp3) is 0.562. The molecule has 5 atom stereocenters. The molecule has 1 aliphatic carbocycles. The summed E-state index contributed by atoms with van der Waals surface area (Å²) in [5, 5.41) is 15.3. The molecule has 258 valence electrons. The van der Waals surface area contributed by atoms with Crippen molar-refractivity contribution >= 4 is 22.0 Å². The second kappa shape index (κ2) is 16.2. The van der Waals surface area contributed by atoms with Gasteiger partial charge in [0.1, 0.15) is 11.9 Å². The highest BCUT2D eigenvalue weighted by Crippen LogP contribution is 2.33. The Kier molecular flexibility index (Phi) is 12.1. The van der Waals surface area contributed by atoms with Gasteiger partial charge in [-0.1, -0.05) is 53.7 Å². The molecular weight excluding hydrogens is 634 g/mol. The summed E-state index contributed by atoms with van der Waals surface area (Å²) in [7, 11) is -1.58. The smallest absolute Gasteiger partial charge is 0.407 e. The molecule has 5 rings (SSSR count). The number of nitrogens with zero attached hydrogens (tertiary/aromatic N) is 2. The van der Waals surface area contributed by atoms with E-state index in [-0.39, 0.29) is 42.3 Å². The first-order valence-corrected chi connectivity index (χ1v) is 17.2. The molecule has 0 unspecified atom stereocenters. The molecule has 47 heavy (non-hydrogen) atoms. The number of carbonyl (C=O) groups is 2. The third-order valence-electron chi connectivity index (χ3n) is 8.57. The lowest BCUT2D eigenvalue weighted by Gasteiger charge is -2.31. The Morgan fingerprint density at radius 3 is 2.57 bits per heavy atom. The van der Waals surface area contributed by atoms with Crippen LogP contribution in [0.3, 0.4) is 0 Å². The minimum absolute atomic E-state index is 0.0718. The van der Waals surface area contributed by atoms with Crippen LogP contribution >= 0.6 is 0 Å². The van der Waals surface area contributed by atoms with E-state index in [0.29, 0.717) is 25.9 Å². The van der Waals surface area contributed by atoms with Gasteiger partial charge >= 0.3 is 6.09 Å². The van der Waals surface area contributed by atoms with E-state index in [1.54, 1.807) is 0 Å². The summed E-state index contributed by atoms with van der Waals surface area (Å²) in [6, 6.07) is 14.0. The zero-order chi connectivity index (χ0) is 33.4. The number of rotatable bonds is 15. The van der Waals surface area contributed by atoms with Crippen LogP contribution in [0.5, 0.6) is 5.75 Å². The molecule has 15 heteroatoms. The molecule has 3 aliphatic rings. The van der Waals surface area contributed by atoms with Crippen molar-refractivity contribution in [2.24, 2.45) is 5.92 Å². The Morgan fingerprint density at radius 1 is 1.06 bits per heavy atom. The van der Waals surface area contributed by atoms with Crippen molar-refractivity contribution in [3.8, 4) is 5.75 Å². The van der Waals surface area contributed by atoms with Crippen molar-refractivity contribution in [3.05, 3.63) is 60.2 Å². The Labute approximate surface area is 274 Å². The predicted molar refractivity (Wildman–Crippen MR) is 166 cm³/mol. The first-order valence-electron chi connectivity index (χ1n) is 15.8. The van der Waals surface area contributed by atoms with Gasteiger partial charge in [0.05, 0.1) is 55.9 Å². The average molecular weight is 678 g/mol. The van der Waals surface area contributed by atoms with Crippen molar-refractivity contribution < 1.29 is 51.7 Å². The lowest BCUT2D eigenvalue weighted by Crippen LogP contribution is -2.51. The molecule has 0 bridgehead atoms. The first kappa shape index (κ1) is 35.0. The van der Waals surface area contributed by atoms with Gasteiger partial charge in [0.15, 0.2) is 12.9 Å². The van der Waals surface area contributed by atoms with Crippen LogP contribution in [-0.2, 0) is 45.1 Å². The highest BCUT2D eigenvalue weighted by atomic mass is 32.2. The largest absolute Gasteiger partial charge is 0.484 e. The van der Waals surface area contributed by atoms with Crippen LogP contribution in [-0.4, -0.2) is 106 Å². The summed E-state index contributed by atoms with van der Waals surface area (Å²) in [6.45, 7) is -0.130. The third kappa shape index (κ3) is 9.19. The first-order chi connectivity index (χ1) is 22.6. The van der Waals surface area contributed by atoms with Crippen molar-refractivity contribution in [1.82, 2.24) is 14.8 Å². The maximum atomic E-state index is 14.0. The van der Waals surface area contributed by atoms with Crippen LogP contribution in [0.15, 0.2) is 59.5 Å². The monoisotopic (exact) mass is 677 g/mol. The summed E-state index contributed by atoms with van der Waals surface area (Å²) in [6.07, 6.45) is 0.565. The number of aliphatic hydroxyl groups is 1. The SMILES string of the molecule is CON(C)C(=O)COc1cccc(S(=O)(=O)N(C[C@H](O)[C@@H](Cc2ccccc2)NC(=O)O[C@@H]2CO[C@@H]3OCC[C@@H]32)OC2CCCC2)c1. The van der Waals surface area contributed by atoms with Gasteiger partial charge in [0.2, 0.25) is 0 Å². The van der Waals surface area contributed by atoms with Gasteiger partial charge in [0, 0.05) is 13.1 Å². The minimum Gasteiger partial charge on any atom is -0.484 e. The molecule has 2 amide bonds. The fourth-order valence-electron chi connectivity index (χ4n) is 5.84. The highest BCUT2D eigenvalue weighted by Gasteiger charge is 2.44. The number of sulfonamides is 1. The van der Waals surface area contributed by atoms with Crippen molar-refractivity contribution in [1.29, 1.82) is 0 Å². The number of nitrogens with one attached hydrogen (secondary N) is 1. The quantitative estimate of drug-likeness (QED) is 0.266. The van der Waals surface area contributed by atoms with Crippen molar-refractivity contribution in [3.63, 3.8) is 0 Å². The highest BCUT2D eigenvalue weighted by molar-refractivity contribution is 7.89. The zero-order valence-corrected chi connectivity index (χ0v) is 27.4. The molecular formula is C32H43N3O11S. The lowest BCUT2D eigenvalue weighted by atomic mass is 10.0. The predicted octanol–water partition coefficient (Wildman–Crippen LogP) is 2.41. The Bertz CT molecular complexity index is 1440. The number of alkyl carbamates (subject to hydrolysis) is 1. The standard InChI is InChI=1S/C32H43N3O11S/c1-34(41-2)30(37)21-43-24-13-8-14-25(18-24)47(39,40)35(46-23-11-6-7-12-23)19-28(36)27(17-22-9-4-3-5-10-22)33-32(38)45-29-20-44-31-26(29)15-16-42-31/h3-5,8-10,13-14,18,23,26-29,31,36H,6-7,11-12,15-17,19-21H2,1-2H3,(H,33,38)/t26-,27-,28+,29-,31+/m1/s1. The number of likely N-dealkylation sites (N-methyl/N-ethyl adjacent to an activating group) is 1. The van der Waals surface area contributed by atoms with Gasteiger partial charge in [-0.2, -0.15) is 0 Å². The van der Waals surface area contributed by atoms with E-state index in [1.165, 1.54) is 38.4 Å². The summed E-state index contributed by atoms with van der Waals surface area (Å²) in [4.78, 5) is 36.0. The van der Waals surface area contributed by atoms with Crippen LogP contribution in [0, 0.1) is 5.92 Å². The number of carbonyl (C=O) groups excluding carboxylic acids is 2. The molecule has 0 radical (unpaired) electrons. The summed E-state index contributed by atoms with van der Waals surface area (Å²) >= 11 is 0. The van der Waals surface area contributed by atoms with Gasteiger partial charge < -0.3 is 29.4 Å². The number of amides is 2. The molecule has 14 nitrogen and oxygen atoms in total. The Hall–Kier alpha value is -3.31. The lowest BCUT2D eigenvalue weighted by molar-refractivity contribution is -0.170. The van der Waals surface area contributed by atoms with Gasteiger partial charge in [-0.3, -0.25) is 14.5 Å². The number of fused-ring (bicyclic) bond motifs is 1. The molecule has 0 spiro atoms. The van der Waals surface area contributed by atoms with Crippen LogP contribution < -0.4 is 10.1 Å². The van der Waals surface area contributed by atoms with E-state index in [4.69, 9.17) is 28.6 Å². The maximum Gasteiger partial charge on any atom is 0.407 e. The maximum absolute atomic E-state index is 14.0. The number of aliphatic hydroxyl groups excluding tert-OH is 1. The van der Waals surface area contributed by atoms with E-state index in [1.807, 2.05) is 30.3 Å². The van der Waals surface area contributed by atoms with Gasteiger partial charge in [-0.25, -0.2) is 18.3 Å². The number of hydrogen-bond donors (Lipinski definition) is 2. The summed E-state index contributed by atoms with van der Waals surface area (Å²) in [5.41, 5.74) is 0.815. The van der Waals surface area contributed by atoms with Crippen LogP contribution in [0.1, 0.15) is 37.7 Å². The summed E-state index contributed by atoms with van der Waals surface area (Å²) < 4.78 is 51.2. The molecule has 2 aromatic carbocycles. The minimum atomic E-state index is -4.35. The van der Waals surface area contributed by atoms with Crippen LogP contribution in [0.2, 0.25) is 0 Å². The molecule has 2 saturated heterocycles. The molecule has 2 heterocycles. The average Bonchev–Trinajstić information content (AvgIpc) is 3.84. The number of benzene rings is 2. The van der Waals surface area contributed by atoms with E-state index in [2.05, 4.69) is 5.32 Å². The molecule has 2 N–H and O–H groups in total. The molecule has 2 aromatic rings. The third-order valence-corrected chi connectivity index (χ3v) is 10.2. The molecule has 2 aliphatic heterocycles. The zero-order valence-electron chi connectivity index (χ0n) is 26.6. The molecule has 1 saturated carbocycles. The van der Waals surface area contributed by atoms with Crippen LogP contribution in [0.4, 0.5) is 4.79 Å². The normalized spacial score (nSPS) is 22.5. The van der Waals surface area contributed by atoms with Gasteiger partial charge in [-0.15, -0.1) is 0 Å². The Morgan fingerprint density at radius 2 is 1.83 bits per heavy atom. The second-order valence-corrected chi connectivity index (χ2v) is 13.6.